The van der Waals surface area contributed by atoms with Crippen molar-refractivity contribution in [1.82, 2.24) is 9.47 Å². The fourth-order valence-electron chi connectivity index (χ4n) is 4.57. The van der Waals surface area contributed by atoms with Crippen molar-refractivity contribution in [3.05, 3.63) is 60.3 Å². The van der Waals surface area contributed by atoms with E-state index in [2.05, 4.69) is 5.32 Å². The van der Waals surface area contributed by atoms with Gasteiger partial charge in [-0.05, 0) is 38.0 Å². The van der Waals surface area contributed by atoms with Crippen LogP contribution in [0.3, 0.4) is 0 Å². The summed E-state index contributed by atoms with van der Waals surface area (Å²) in [5, 5.41) is 2.98. The van der Waals surface area contributed by atoms with E-state index in [9.17, 15) is 22.8 Å². The number of carbonyl (C=O) groups excluding carboxylic acids is 3. The van der Waals surface area contributed by atoms with Crippen LogP contribution in [0.2, 0.25) is 0 Å². The molecule has 1 fully saturated rings. The van der Waals surface area contributed by atoms with E-state index in [-0.39, 0.29) is 35.2 Å². The lowest BCUT2D eigenvalue weighted by molar-refractivity contribution is -0.131. The molecular weight excluding hydrogens is 494 g/mol. The van der Waals surface area contributed by atoms with Crippen molar-refractivity contribution in [1.29, 1.82) is 0 Å². The molecule has 0 radical (unpaired) electrons. The lowest BCUT2D eigenvalue weighted by Gasteiger charge is -2.20. The largest absolute Gasteiger partial charge is 0.462 e. The smallest absolute Gasteiger partial charge is 0.340 e. The van der Waals surface area contributed by atoms with Gasteiger partial charge in [0.25, 0.3) is 0 Å². The maximum absolute atomic E-state index is 13.4. The number of anilines is 1. The van der Waals surface area contributed by atoms with Crippen LogP contribution in [-0.4, -0.2) is 61.1 Å². The van der Waals surface area contributed by atoms with Crippen molar-refractivity contribution in [2.24, 2.45) is 0 Å². The minimum absolute atomic E-state index is 0.0133. The highest BCUT2D eigenvalue weighted by Crippen LogP contribution is 2.27. The minimum Gasteiger partial charge on any atom is -0.462 e. The average molecular weight is 526 g/mol. The second-order valence-electron chi connectivity index (χ2n) is 9.01. The number of amides is 2. The Morgan fingerprint density at radius 1 is 0.946 bits per heavy atom. The van der Waals surface area contributed by atoms with Gasteiger partial charge in [0.1, 0.15) is 12.3 Å². The minimum atomic E-state index is -4.07. The highest BCUT2D eigenvalue weighted by Gasteiger charge is 2.26. The molecule has 1 aliphatic rings. The van der Waals surface area contributed by atoms with Crippen LogP contribution in [-0.2, 0) is 30.7 Å². The zero-order valence-corrected chi connectivity index (χ0v) is 21.6. The second kappa shape index (κ2) is 11.6. The summed E-state index contributed by atoms with van der Waals surface area (Å²) in [5.74, 6) is -2.27. The number of rotatable bonds is 8. The van der Waals surface area contributed by atoms with Gasteiger partial charge in [-0.25, -0.2) is 13.2 Å². The first-order valence-electron chi connectivity index (χ1n) is 12.4. The Labute approximate surface area is 216 Å². The number of hydrogen-bond donors (Lipinski definition) is 1. The van der Waals surface area contributed by atoms with Crippen molar-refractivity contribution >= 4 is 44.2 Å². The predicted molar refractivity (Wildman–Crippen MR) is 140 cm³/mol. The van der Waals surface area contributed by atoms with Gasteiger partial charge >= 0.3 is 5.97 Å². The van der Waals surface area contributed by atoms with Crippen molar-refractivity contribution in [2.45, 2.75) is 44.0 Å². The first-order chi connectivity index (χ1) is 17.8. The number of carbonyl (C=O) groups is 3. The number of ether oxygens (including phenoxy) is 1. The fraction of sp³-hybridized carbons (Fsp3) is 0.370. The number of sulfone groups is 1. The van der Waals surface area contributed by atoms with E-state index in [1.165, 1.54) is 18.3 Å². The molecule has 0 aliphatic carbocycles. The van der Waals surface area contributed by atoms with Gasteiger partial charge in [0.05, 0.1) is 22.8 Å². The van der Waals surface area contributed by atoms with Crippen LogP contribution < -0.4 is 5.32 Å². The SMILES string of the molecule is CCOC(=O)c1ccccc1NC(=O)CS(=O)(=O)c1cn(CC(=O)N2CCCCCC2)c2ccccc12. The molecule has 10 heteroatoms. The molecule has 1 aromatic heterocycles. The number of para-hydroxylation sites is 2. The predicted octanol–water partition coefficient (Wildman–Crippen LogP) is 3.63. The van der Waals surface area contributed by atoms with Gasteiger partial charge < -0.3 is 19.5 Å². The zero-order valence-electron chi connectivity index (χ0n) is 20.8. The number of benzene rings is 2. The Kier molecular flexibility index (Phi) is 8.27. The Balaban J connectivity index is 1.55. The standard InChI is InChI=1S/C27H31N3O6S/c1-2-36-27(33)20-11-5-7-13-22(20)28-25(31)19-37(34,35)24-17-30(23-14-8-6-12-21(23)24)18-26(32)29-15-9-3-4-10-16-29/h5-8,11-14,17H,2-4,9-10,15-16,18-19H2,1H3,(H,28,31). The van der Waals surface area contributed by atoms with E-state index in [1.54, 1.807) is 47.9 Å². The first-order valence-corrected chi connectivity index (χ1v) is 14.1. The third kappa shape index (κ3) is 6.19. The van der Waals surface area contributed by atoms with Crippen molar-refractivity contribution in [2.75, 3.05) is 30.8 Å². The van der Waals surface area contributed by atoms with Crippen LogP contribution in [0.25, 0.3) is 10.9 Å². The molecule has 196 valence electrons. The second-order valence-corrected chi connectivity index (χ2v) is 11.0. The summed E-state index contributed by atoms with van der Waals surface area (Å²) >= 11 is 0. The Bertz CT molecular complexity index is 1400. The van der Waals surface area contributed by atoms with Crippen LogP contribution in [0, 0.1) is 0 Å². The number of likely N-dealkylation sites (tertiary alicyclic amines) is 1. The third-order valence-electron chi connectivity index (χ3n) is 6.37. The normalized spacial score (nSPS) is 14.2. The number of nitrogens with one attached hydrogen (secondary N) is 1. The molecule has 1 N–H and O–H groups in total. The van der Waals surface area contributed by atoms with Crippen LogP contribution in [0.15, 0.2) is 59.6 Å². The maximum Gasteiger partial charge on any atom is 0.340 e. The lowest BCUT2D eigenvalue weighted by Crippen LogP contribution is -2.34. The van der Waals surface area contributed by atoms with E-state index in [0.717, 1.165) is 25.7 Å². The molecule has 1 aliphatic heterocycles. The number of fused-ring (bicyclic) bond motifs is 1. The summed E-state index contributed by atoms with van der Waals surface area (Å²) < 4.78 is 33.4. The quantitative estimate of drug-likeness (QED) is 0.449. The molecule has 1 saturated heterocycles. The highest BCUT2D eigenvalue weighted by molar-refractivity contribution is 7.92. The molecule has 0 bridgehead atoms. The maximum atomic E-state index is 13.4. The molecule has 0 atom stereocenters. The highest BCUT2D eigenvalue weighted by atomic mass is 32.2. The Morgan fingerprint density at radius 3 is 2.35 bits per heavy atom. The van der Waals surface area contributed by atoms with Gasteiger partial charge in [-0.2, -0.15) is 0 Å². The molecule has 0 spiro atoms. The van der Waals surface area contributed by atoms with Gasteiger partial charge in [-0.3, -0.25) is 9.59 Å². The summed E-state index contributed by atoms with van der Waals surface area (Å²) in [4.78, 5) is 39.8. The van der Waals surface area contributed by atoms with Gasteiger partial charge in [-0.15, -0.1) is 0 Å². The third-order valence-corrected chi connectivity index (χ3v) is 8.01. The molecule has 3 aromatic rings. The number of esters is 1. The first kappa shape index (κ1) is 26.4. The monoisotopic (exact) mass is 525 g/mol. The molecule has 9 nitrogen and oxygen atoms in total. The van der Waals surface area contributed by atoms with E-state index >= 15 is 0 Å². The molecular formula is C27H31N3O6S. The van der Waals surface area contributed by atoms with Crippen LogP contribution >= 0.6 is 0 Å². The summed E-state index contributed by atoms with van der Waals surface area (Å²) in [7, 11) is -4.07. The summed E-state index contributed by atoms with van der Waals surface area (Å²) in [6.07, 6.45) is 5.57. The van der Waals surface area contributed by atoms with Crippen LogP contribution in [0.4, 0.5) is 5.69 Å². The molecule has 2 aromatic carbocycles. The number of hydrogen-bond acceptors (Lipinski definition) is 6. The van der Waals surface area contributed by atoms with Gasteiger partial charge in [0.2, 0.25) is 11.8 Å². The van der Waals surface area contributed by atoms with Gasteiger partial charge in [0.15, 0.2) is 9.84 Å². The zero-order chi connectivity index (χ0) is 26.4. The molecule has 2 amide bonds. The van der Waals surface area contributed by atoms with Crippen molar-refractivity contribution in [3.63, 3.8) is 0 Å². The van der Waals surface area contributed by atoms with Crippen LogP contribution in [0.5, 0.6) is 0 Å². The van der Waals surface area contributed by atoms with E-state index in [1.807, 2.05) is 4.90 Å². The number of aromatic nitrogens is 1. The molecule has 0 unspecified atom stereocenters. The van der Waals surface area contributed by atoms with Gasteiger partial charge in [0, 0.05) is 30.2 Å². The van der Waals surface area contributed by atoms with E-state index < -0.39 is 27.5 Å². The summed E-state index contributed by atoms with van der Waals surface area (Å²) in [6, 6.07) is 13.2. The average Bonchev–Trinajstić information content (AvgIpc) is 3.03. The fourth-order valence-corrected chi connectivity index (χ4v) is 5.94. The Morgan fingerprint density at radius 2 is 1.62 bits per heavy atom. The molecule has 2 heterocycles. The molecule has 0 saturated carbocycles. The summed E-state index contributed by atoms with van der Waals surface area (Å²) in [5.41, 5.74) is 0.919. The van der Waals surface area contributed by atoms with Gasteiger partial charge in [-0.1, -0.05) is 43.2 Å². The number of nitrogens with zero attached hydrogens (tertiary/aromatic N) is 2. The van der Waals surface area contributed by atoms with Crippen molar-refractivity contribution in [3.8, 4) is 0 Å². The van der Waals surface area contributed by atoms with Crippen molar-refractivity contribution < 1.29 is 27.5 Å². The lowest BCUT2D eigenvalue weighted by atomic mass is 10.2. The summed E-state index contributed by atoms with van der Waals surface area (Å²) in [6.45, 7) is 3.27. The van der Waals surface area contributed by atoms with E-state index in [4.69, 9.17) is 4.74 Å². The van der Waals surface area contributed by atoms with Crippen LogP contribution in [0.1, 0.15) is 43.0 Å². The molecule has 4 rings (SSSR count). The topological polar surface area (TPSA) is 115 Å². The van der Waals surface area contributed by atoms with E-state index in [0.29, 0.717) is 24.0 Å². The Hall–Kier alpha value is -3.66. The molecule has 37 heavy (non-hydrogen) atoms.